The second-order valence-corrected chi connectivity index (χ2v) is 4.40. The predicted molar refractivity (Wildman–Crippen MR) is 69.6 cm³/mol. The van der Waals surface area contributed by atoms with Crippen LogP contribution in [0.4, 0.5) is 18.9 Å². The molecular formula is C13H17F3N2O2. The molecule has 0 heterocycles. The number of nitrogens with one attached hydrogen (secondary N) is 1. The van der Waals surface area contributed by atoms with Crippen molar-refractivity contribution in [3.63, 3.8) is 0 Å². The summed E-state index contributed by atoms with van der Waals surface area (Å²) in [6.07, 6.45) is -4.37. The van der Waals surface area contributed by atoms with Crippen molar-refractivity contribution < 1.29 is 22.7 Å². The van der Waals surface area contributed by atoms with Crippen LogP contribution in [-0.2, 0) is 11.2 Å². The van der Waals surface area contributed by atoms with Crippen molar-refractivity contribution in [3.8, 4) is 5.75 Å². The average molecular weight is 290 g/mol. The number of carbonyl (C=O) groups is 1. The fraction of sp³-hybridized carbons (Fsp3) is 0.462. The van der Waals surface area contributed by atoms with Crippen LogP contribution < -0.4 is 15.8 Å². The molecule has 1 amide bonds. The Morgan fingerprint density at radius 1 is 1.45 bits per heavy atom. The van der Waals surface area contributed by atoms with Crippen molar-refractivity contribution in [2.45, 2.75) is 32.5 Å². The first kappa shape index (κ1) is 16.3. The predicted octanol–water partition coefficient (Wildman–Crippen LogP) is 2.48. The summed E-state index contributed by atoms with van der Waals surface area (Å²) < 4.78 is 42.0. The van der Waals surface area contributed by atoms with Crippen LogP contribution in [0.5, 0.6) is 5.75 Å². The molecule has 0 saturated carbocycles. The molecule has 0 aromatic heterocycles. The smallest absolute Gasteiger partial charge is 0.471 e. The maximum absolute atomic E-state index is 12.2. The second-order valence-electron chi connectivity index (χ2n) is 4.40. The van der Waals surface area contributed by atoms with Gasteiger partial charge in [0, 0.05) is 6.04 Å². The molecule has 0 radical (unpaired) electrons. The van der Waals surface area contributed by atoms with Crippen LogP contribution in [0, 0.1) is 0 Å². The van der Waals surface area contributed by atoms with E-state index in [1.807, 2.05) is 6.92 Å². The summed E-state index contributed by atoms with van der Waals surface area (Å²) in [5, 5.41) is 1.80. The Labute approximate surface area is 115 Å². The van der Waals surface area contributed by atoms with Crippen LogP contribution >= 0.6 is 0 Å². The Kier molecular flexibility index (Phi) is 5.38. The Morgan fingerprint density at radius 2 is 2.10 bits per heavy atom. The number of carbonyl (C=O) groups excluding carboxylic acids is 1. The number of hydrogen-bond acceptors (Lipinski definition) is 3. The normalized spacial score (nSPS) is 12.9. The third-order valence-electron chi connectivity index (χ3n) is 2.41. The maximum atomic E-state index is 12.2. The van der Waals surface area contributed by atoms with Gasteiger partial charge in [-0.1, -0.05) is 6.07 Å². The molecule has 3 N–H and O–H groups in total. The number of ether oxygens (including phenoxy) is 1. The molecule has 0 aliphatic rings. The van der Waals surface area contributed by atoms with Crippen molar-refractivity contribution in [2.75, 3.05) is 11.9 Å². The van der Waals surface area contributed by atoms with Gasteiger partial charge in [0.25, 0.3) is 0 Å². The zero-order valence-corrected chi connectivity index (χ0v) is 11.3. The van der Waals surface area contributed by atoms with Gasteiger partial charge in [-0.3, -0.25) is 4.79 Å². The van der Waals surface area contributed by atoms with E-state index in [-0.39, 0.29) is 24.1 Å². The molecule has 0 saturated heterocycles. The van der Waals surface area contributed by atoms with Gasteiger partial charge in [-0.15, -0.1) is 0 Å². The lowest BCUT2D eigenvalue weighted by Crippen LogP contribution is -2.30. The number of rotatable bonds is 5. The van der Waals surface area contributed by atoms with Crippen LogP contribution in [0.2, 0.25) is 0 Å². The molecule has 0 aliphatic heterocycles. The van der Waals surface area contributed by atoms with Gasteiger partial charge >= 0.3 is 12.1 Å². The molecule has 112 valence electrons. The van der Waals surface area contributed by atoms with E-state index in [1.54, 1.807) is 24.4 Å². The fourth-order valence-electron chi connectivity index (χ4n) is 1.64. The first-order chi connectivity index (χ1) is 9.24. The molecule has 7 heteroatoms. The number of anilines is 1. The SMILES string of the molecule is CCOc1cc(CC(C)N)ccc1NC(=O)C(F)(F)F. The maximum Gasteiger partial charge on any atom is 0.471 e. The minimum Gasteiger partial charge on any atom is -0.492 e. The number of nitrogens with two attached hydrogens (primary N) is 1. The first-order valence-corrected chi connectivity index (χ1v) is 6.13. The molecule has 1 atom stereocenters. The molecule has 1 aromatic carbocycles. The molecule has 20 heavy (non-hydrogen) atoms. The lowest BCUT2D eigenvalue weighted by Gasteiger charge is -2.15. The Hall–Kier alpha value is -1.76. The van der Waals surface area contributed by atoms with Crippen LogP contribution in [0.25, 0.3) is 0 Å². The summed E-state index contributed by atoms with van der Waals surface area (Å²) in [6.45, 7) is 3.80. The average Bonchev–Trinajstić information content (AvgIpc) is 2.30. The highest BCUT2D eigenvalue weighted by atomic mass is 19.4. The highest BCUT2D eigenvalue weighted by Crippen LogP contribution is 2.28. The summed E-state index contributed by atoms with van der Waals surface area (Å²) in [4.78, 5) is 10.9. The number of amides is 1. The largest absolute Gasteiger partial charge is 0.492 e. The molecule has 0 fully saturated rings. The van der Waals surface area contributed by atoms with Crippen LogP contribution in [-0.4, -0.2) is 24.7 Å². The fourth-order valence-corrected chi connectivity index (χ4v) is 1.64. The molecular weight excluding hydrogens is 273 g/mol. The van der Waals surface area contributed by atoms with Crippen molar-refractivity contribution in [1.29, 1.82) is 0 Å². The van der Waals surface area contributed by atoms with Gasteiger partial charge in [-0.25, -0.2) is 0 Å². The van der Waals surface area contributed by atoms with Gasteiger partial charge in [-0.05, 0) is 38.0 Å². The summed E-state index contributed by atoms with van der Waals surface area (Å²) >= 11 is 0. The minimum absolute atomic E-state index is 0.0115. The van der Waals surface area contributed by atoms with Crippen LogP contribution in [0.3, 0.4) is 0 Å². The van der Waals surface area contributed by atoms with Crippen molar-refractivity contribution in [3.05, 3.63) is 23.8 Å². The van der Waals surface area contributed by atoms with E-state index in [2.05, 4.69) is 0 Å². The third kappa shape index (κ3) is 4.73. The standard InChI is InChI=1S/C13H17F3N2O2/c1-3-20-11-7-9(6-8(2)17)4-5-10(11)18-12(19)13(14,15)16/h4-5,7-8H,3,6,17H2,1-2H3,(H,18,19). The van der Waals surface area contributed by atoms with Crippen LogP contribution in [0.1, 0.15) is 19.4 Å². The van der Waals surface area contributed by atoms with Crippen molar-refractivity contribution in [2.24, 2.45) is 5.73 Å². The minimum atomic E-state index is -4.94. The highest BCUT2D eigenvalue weighted by molar-refractivity contribution is 5.96. The van der Waals surface area contributed by atoms with Gasteiger partial charge in [-0.2, -0.15) is 13.2 Å². The van der Waals surface area contributed by atoms with Crippen molar-refractivity contribution in [1.82, 2.24) is 0 Å². The van der Waals surface area contributed by atoms with E-state index in [0.29, 0.717) is 6.42 Å². The van der Waals surface area contributed by atoms with E-state index < -0.39 is 12.1 Å². The molecule has 1 aromatic rings. The van der Waals surface area contributed by atoms with E-state index in [9.17, 15) is 18.0 Å². The molecule has 0 spiro atoms. The molecule has 0 aliphatic carbocycles. The molecule has 4 nitrogen and oxygen atoms in total. The van der Waals surface area contributed by atoms with E-state index in [1.165, 1.54) is 6.07 Å². The number of hydrogen-bond donors (Lipinski definition) is 2. The van der Waals surface area contributed by atoms with Crippen LogP contribution in [0.15, 0.2) is 18.2 Å². The quantitative estimate of drug-likeness (QED) is 0.875. The highest BCUT2D eigenvalue weighted by Gasteiger charge is 2.39. The number of benzene rings is 1. The third-order valence-corrected chi connectivity index (χ3v) is 2.41. The summed E-state index contributed by atoms with van der Waals surface area (Å²) in [5.41, 5.74) is 6.48. The zero-order valence-electron chi connectivity index (χ0n) is 11.3. The monoisotopic (exact) mass is 290 g/mol. The van der Waals surface area contributed by atoms with Gasteiger partial charge in [0.1, 0.15) is 5.75 Å². The van der Waals surface area contributed by atoms with Gasteiger partial charge < -0.3 is 15.8 Å². The number of halogens is 3. The Morgan fingerprint density at radius 3 is 2.60 bits per heavy atom. The van der Waals surface area contributed by atoms with Gasteiger partial charge in [0.15, 0.2) is 0 Å². The summed E-state index contributed by atoms with van der Waals surface area (Å²) in [7, 11) is 0. The summed E-state index contributed by atoms with van der Waals surface area (Å²) in [6, 6.07) is 4.49. The lowest BCUT2D eigenvalue weighted by atomic mass is 10.1. The lowest BCUT2D eigenvalue weighted by molar-refractivity contribution is -0.167. The first-order valence-electron chi connectivity index (χ1n) is 6.13. The number of alkyl halides is 3. The Balaban J connectivity index is 2.98. The van der Waals surface area contributed by atoms with E-state index >= 15 is 0 Å². The van der Waals surface area contributed by atoms with Gasteiger partial charge in [0.2, 0.25) is 0 Å². The van der Waals surface area contributed by atoms with E-state index in [0.717, 1.165) is 5.56 Å². The van der Waals surface area contributed by atoms with Crippen molar-refractivity contribution >= 4 is 11.6 Å². The second kappa shape index (κ2) is 6.60. The molecule has 1 unspecified atom stereocenters. The summed E-state index contributed by atoms with van der Waals surface area (Å²) in [5.74, 6) is -1.83. The molecule has 1 rings (SSSR count). The van der Waals surface area contributed by atoms with Gasteiger partial charge in [0.05, 0.1) is 12.3 Å². The molecule has 0 bridgehead atoms. The van der Waals surface area contributed by atoms with E-state index in [4.69, 9.17) is 10.5 Å². The zero-order chi connectivity index (χ0) is 15.3. The topological polar surface area (TPSA) is 64.3 Å². The Bertz CT molecular complexity index is 473.